The van der Waals surface area contributed by atoms with E-state index in [1.165, 1.54) is 12.8 Å². The van der Waals surface area contributed by atoms with Crippen molar-refractivity contribution in [3.8, 4) is 0 Å². The van der Waals surface area contributed by atoms with Crippen molar-refractivity contribution in [2.45, 2.75) is 52.4 Å². The van der Waals surface area contributed by atoms with Crippen LogP contribution >= 0.6 is 0 Å². The Hall–Kier alpha value is -2.96. The lowest BCUT2D eigenvalue weighted by Gasteiger charge is -2.22. The maximum absolute atomic E-state index is 12.4. The number of nitrogens with one attached hydrogen (secondary N) is 1. The van der Waals surface area contributed by atoms with Crippen LogP contribution in [-0.2, 0) is 11.2 Å². The van der Waals surface area contributed by atoms with Crippen LogP contribution in [0.3, 0.4) is 0 Å². The van der Waals surface area contributed by atoms with Gasteiger partial charge in [-0.25, -0.2) is 4.98 Å². The maximum Gasteiger partial charge on any atom is 0.263 e. The molecule has 0 aliphatic carbocycles. The molecule has 1 fully saturated rings. The summed E-state index contributed by atoms with van der Waals surface area (Å²) in [5.41, 5.74) is 3.19. The Morgan fingerprint density at radius 3 is 2.62 bits per heavy atom. The number of aryl methyl sites for hydroxylation is 3. The molecule has 0 unspecified atom stereocenters. The van der Waals surface area contributed by atoms with E-state index >= 15 is 0 Å². The lowest BCUT2D eigenvalue weighted by atomic mass is 10.2. The number of carbonyl (C=O) groups is 1. The number of aromatic nitrogens is 3. The molecule has 29 heavy (non-hydrogen) atoms. The van der Waals surface area contributed by atoms with Gasteiger partial charge in [-0.1, -0.05) is 36.2 Å². The molecule has 7 heteroatoms. The molecule has 152 valence electrons. The summed E-state index contributed by atoms with van der Waals surface area (Å²) in [6.07, 6.45) is 5.58. The van der Waals surface area contributed by atoms with E-state index in [9.17, 15) is 4.79 Å². The van der Waals surface area contributed by atoms with Crippen molar-refractivity contribution < 1.29 is 9.32 Å². The quantitative estimate of drug-likeness (QED) is 0.700. The second-order valence-electron chi connectivity index (χ2n) is 7.68. The van der Waals surface area contributed by atoms with Gasteiger partial charge < -0.3 is 14.7 Å². The van der Waals surface area contributed by atoms with E-state index in [0.717, 1.165) is 54.1 Å². The number of nitrogens with zero attached hydrogens (tertiary/aromatic N) is 4. The molecule has 0 saturated carbocycles. The number of carbonyl (C=O) groups excluding carboxylic acids is 1. The molecule has 0 spiro atoms. The van der Waals surface area contributed by atoms with E-state index in [2.05, 4.69) is 20.4 Å². The molecule has 0 atom stereocenters. The molecule has 1 amide bonds. The predicted octanol–water partition coefficient (Wildman–Crippen LogP) is 4.19. The van der Waals surface area contributed by atoms with Gasteiger partial charge in [-0.05, 0) is 38.3 Å². The van der Waals surface area contributed by atoms with Crippen molar-refractivity contribution in [1.29, 1.82) is 0 Å². The molecule has 7 nitrogen and oxygen atoms in total. The summed E-state index contributed by atoms with van der Waals surface area (Å²) >= 11 is 0. The van der Waals surface area contributed by atoms with Crippen LogP contribution in [0.15, 0.2) is 28.8 Å². The number of para-hydroxylation sites is 1. The van der Waals surface area contributed by atoms with Gasteiger partial charge in [0.05, 0.1) is 5.69 Å². The highest BCUT2D eigenvalue weighted by molar-refractivity contribution is 5.91. The average molecular weight is 393 g/mol. The molecule has 0 radical (unpaired) electrons. The van der Waals surface area contributed by atoms with Crippen LogP contribution in [0.25, 0.3) is 11.1 Å². The summed E-state index contributed by atoms with van der Waals surface area (Å²) in [6, 6.07) is 7.76. The Morgan fingerprint density at radius 1 is 1.10 bits per heavy atom. The summed E-state index contributed by atoms with van der Waals surface area (Å²) in [6.45, 7) is 5.85. The summed E-state index contributed by atoms with van der Waals surface area (Å²) in [5.74, 6) is 1.46. The zero-order chi connectivity index (χ0) is 20.2. The van der Waals surface area contributed by atoms with E-state index in [1.807, 2.05) is 38.1 Å². The molecule has 0 bridgehead atoms. The summed E-state index contributed by atoms with van der Waals surface area (Å²) in [5, 5.41) is 7.95. The third kappa shape index (κ3) is 4.39. The van der Waals surface area contributed by atoms with Gasteiger partial charge >= 0.3 is 0 Å². The van der Waals surface area contributed by atoms with Crippen LogP contribution < -0.4 is 10.2 Å². The number of fused-ring (bicyclic) bond motifs is 1. The van der Waals surface area contributed by atoms with Crippen molar-refractivity contribution in [2.24, 2.45) is 0 Å². The number of benzene rings is 1. The SMILES string of the molecule is Cc1ccccc1NC(=O)CCc1nc(N2CCCCCC2)c2c(C)noc2n1. The smallest absolute Gasteiger partial charge is 0.263 e. The van der Waals surface area contributed by atoms with E-state index in [1.54, 1.807) is 0 Å². The highest BCUT2D eigenvalue weighted by atomic mass is 16.5. The highest BCUT2D eigenvalue weighted by Crippen LogP contribution is 2.29. The Morgan fingerprint density at radius 2 is 1.86 bits per heavy atom. The minimum absolute atomic E-state index is 0.0481. The van der Waals surface area contributed by atoms with E-state index in [-0.39, 0.29) is 5.91 Å². The number of hydrogen-bond donors (Lipinski definition) is 1. The summed E-state index contributed by atoms with van der Waals surface area (Å²) in [4.78, 5) is 24.1. The van der Waals surface area contributed by atoms with Crippen LogP contribution in [0.2, 0.25) is 0 Å². The van der Waals surface area contributed by atoms with Gasteiger partial charge in [-0.2, -0.15) is 4.98 Å². The largest absolute Gasteiger partial charge is 0.356 e. The first-order chi connectivity index (χ1) is 14.1. The molecule has 1 aromatic carbocycles. The molecule has 2 aromatic heterocycles. The van der Waals surface area contributed by atoms with Crippen LogP contribution in [0, 0.1) is 13.8 Å². The first kappa shape index (κ1) is 19.4. The van der Waals surface area contributed by atoms with Gasteiger partial charge in [0.25, 0.3) is 5.71 Å². The molecule has 1 N–H and O–H groups in total. The monoisotopic (exact) mass is 393 g/mol. The second-order valence-corrected chi connectivity index (χ2v) is 7.68. The lowest BCUT2D eigenvalue weighted by Crippen LogP contribution is -2.26. The van der Waals surface area contributed by atoms with E-state index in [0.29, 0.717) is 24.4 Å². The molecule has 3 heterocycles. The highest BCUT2D eigenvalue weighted by Gasteiger charge is 2.21. The van der Waals surface area contributed by atoms with Crippen molar-refractivity contribution in [1.82, 2.24) is 15.1 Å². The maximum atomic E-state index is 12.4. The average Bonchev–Trinajstić information content (AvgIpc) is 2.92. The fraction of sp³-hybridized carbons (Fsp3) is 0.455. The van der Waals surface area contributed by atoms with Crippen LogP contribution in [0.4, 0.5) is 11.5 Å². The third-order valence-corrected chi connectivity index (χ3v) is 5.43. The van der Waals surface area contributed by atoms with Crippen LogP contribution in [0.1, 0.15) is 49.2 Å². The molecule has 1 aliphatic heterocycles. The number of anilines is 2. The number of amides is 1. The van der Waals surface area contributed by atoms with E-state index < -0.39 is 0 Å². The predicted molar refractivity (Wildman–Crippen MR) is 113 cm³/mol. The molecular weight excluding hydrogens is 366 g/mol. The topological polar surface area (TPSA) is 84.2 Å². The van der Waals surface area contributed by atoms with Gasteiger partial charge in [-0.3, -0.25) is 4.79 Å². The minimum Gasteiger partial charge on any atom is -0.356 e. The number of rotatable bonds is 5. The first-order valence-electron chi connectivity index (χ1n) is 10.3. The third-order valence-electron chi connectivity index (χ3n) is 5.43. The Labute approximate surface area is 170 Å². The number of hydrogen-bond acceptors (Lipinski definition) is 6. The summed E-state index contributed by atoms with van der Waals surface area (Å²) in [7, 11) is 0. The minimum atomic E-state index is -0.0481. The zero-order valence-electron chi connectivity index (χ0n) is 17.1. The van der Waals surface area contributed by atoms with Crippen molar-refractivity contribution >= 4 is 28.5 Å². The first-order valence-corrected chi connectivity index (χ1v) is 10.3. The van der Waals surface area contributed by atoms with Crippen molar-refractivity contribution in [2.75, 3.05) is 23.3 Å². The normalized spacial score (nSPS) is 14.8. The van der Waals surface area contributed by atoms with Gasteiger partial charge in [-0.15, -0.1) is 0 Å². The van der Waals surface area contributed by atoms with Gasteiger partial charge in [0.1, 0.15) is 17.0 Å². The van der Waals surface area contributed by atoms with Crippen molar-refractivity contribution in [3.05, 3.63) is 41.3 Å². The molecule has 1 saturated heterocycles. The lowest BCUT2D eigenvalue weighted by molar-refractivity contribution is -0.116. The fourth-order valence-electron chi connectivity index (χ4n) is 3.79. The van der Waals surface area contributed by atoms with Gasteiger partial charge in [0.15, 0.2) is 0 Å². The van der Waals surface area contributed by atoms with Crippen LogP contribution in [-0.4, -0.2) is 34.1 Å². The van der Waals surface area contributed by atoms with Gasteiger partial charge in [0.2, 0.25) is 5.91 Å². The fourth-order valence-corrected chi connectivity index (χ4v) is 3.79. The molecule has 3 aromatic rings. The Kier molecular flexibility index (Phi) is 5.74. The van der Waals surface area contributed by atoms with Crippen molar-refractivity contribution in [3.63, 3.8) is 0 Å². The summed E-state index contributed by atoms with van der Waals surface area (Å²) < 4.78 is 5.44. The molecule has 1 aliphatic rings. The zero-order valence-corrected chi connectivity index (χ0v) is 17.1. The molecular formula is C22H27N5O2. The van der Waals surface area contributed by atoms with E-state index in [4.69, 9.17) is 9.51 Å². The van der Waals surface area contributed by atoms with Crippen LogP contribution in [0.5, 0.6) is 0 Å². The molecule has 4 rings (SSSR count). The van der Waals surface area contributed by atoms with Gasteiger partial charge in [0, 0.05) is 31.6 Å². The Bertz CT molecular complexity index is 1010. The second kappa shape index (κ2) is 8.59. The standard InChI is InChI=1S/C22H27N5O2/c1-15-9-5-6-10-17(15)23-19(28)12-11-18-24-21(27-13-7-3-4-8-14-27)20-16(2)26-29-22(20)25-18/h5-6,9-10H,3-4,7-8,11-14H2,1-2H3,(H,23,28). The Balaban J connectivity index is 1.53.